The van der Waals surface area contributed by atoms with Crippen LogP contribution in [0.5, 0.6) is 0 Å². The number of benzene rings is 1. The summed E-state index contributed by atoms with van der Waals surface area (Å²) in [4.78, 5) is 6.95. The first-order chi connectivity index (χ1) is 12.7. The van der Waals surface area contributed by atoms with Crippen LogP contribution < -0.4 is 5.32 Å². The highest BCUT2D eigenvalue weighted by Crippen LogP contribution is 2.43. The van der Waals surface area contributed by atoms with E-state index in [9.17, 15) is 0 Å². The van der Waals surface area contributed by atoms with Gasteiger partial charge in [0, 0.05) is 40.4 Å². The number of nitrogens with one attached hydrogen (secondary N) is 1. The first-order valence-electron chi connectivity index (χ1n) is 9.94. The van der Waals surface area contributed by atoms with Gasteiger partial charge in [-0.05, 0) is 43.1 Å². The average molecular weight is 356 g/mol. The molecular weight excluding hydrogens is 322 g/mol. The van der Waals surface area contributed by atoms with Crippen LogP contribution in [-0.4, -0.2) is 51.3 Å². The van der Waals surface area contributed by atoms with Crippen molar-refractivity contribution in [2.24, 2.45) is 10.4 Å². The molecule has 1 N–H and O–H groups in total. The molecule has 0 amide bonds. The van der Waals surface area contributed by atoms with Gasteiger partial charge in [0.1, 0.15) is 0 Å². The van der Waals surface area contributed by atoms with E-state index in [4.69, 9.17) is 4.74 Å². The van der Waals surface area contributed by atoms with Gasteiger partial charge in [-0.2, -0.15) is 0 Å². The number of hydrogen-bond acceptors (Lipinski definition) is 2. The Balaban J connectivity index is 1.50. The predicted octanol–water partition coefficient (Wildman–Crippen LogP) is 3.95. The summed E-state index contributed by atoms with van der Waals surface area (Å²) >= 11 is 0. The fraction of sp³-hybridized carbons (Fsp3) is 0.591. The quantitative estimate of drug-likeness (QED) is 0.620. The maximum atomic E-state index is 5.31. The van der Waals surface area contributed by atoms with Crippen molar-refractivity contribution in [2.45, 2.75) is 38.5 Å². The summed E-state index contributed by atoms with van der Waals surface area (Å²) in [5, 5.41) is 3.66. The van der Waals surface area contributed by atoms with Crippen LogP contribution in [0.1, 0.15) is 44.1 Å². The summed E-state index contributed by atoms with van der Waals surface area (Å²) in [5.41, 5.74) is 3.27. The third-order valence-electron chi connectivity index (χ3n) is 5.96. The summed E-state index contributed by atoms with van der Waals surface area (Å²) in [7, 11) is 3.70. The lowest BCUT2D eigenvalue weighted by atomic mass is 9.67. The number of nitrogens with zero attached hydrogens (tertiary/aromatic N) is 2. The molecule has 4 nitrogen and oxygen atoms in total. The normalized spacial score (nSPS) is 19.8. The molecule has 1 saturated heterocycles. The number of methoxy groups -OCH3 is 1. The van der Waals surface area contributed by atoms with Crippen LogP contribution in [0.15, 0.2) is 40.9 Å². The lowest BCUT2D eigenvalue weighted by molar-refractivity contribution is 0.0726. The highest BCUT2D eigenvalue weighted by Gasteiger charge is 2.36. The molecule has 3 rings (SSSR count). The fourth-order valence-corrected chi connectivity index (χ4v) is 4.04. The van der Waals surface area contributed by atoms with Crippen molar-refractivity contribution in [1.29, 1.82) is 0 Å². The molecule has 1 aliphatic heterocycles. The molecule has 142 valence electrons. The van der Waals surface area contributed by atoms with Gasteiger partial charge in [-0.25, -0.2) is 0 Å². The Bertz CT molecular complexity index is 610. The lowest BCUT2D eigenvalue weighted by Gasteiger charge is -2.43. The molecule has 0 unspecified atom stereocenters. The molecule has 26 heavy (non-hydrogen) atoms. The second kappa shape index (κ2) is 9.22. The second-order valence-electron chi connectivity index (χ2n) is 7.70. The minimum atomic E-state index is 0.417. The number of piperidine rings is 1. The van der Waals surface area contributed by atoms with Gasteiger partial charge in [0.15, 0.2) is 5.96 Å². The molecule has 4 heteroatoms. The average Bonchev–Trinajstić information content (AvgIpc) is 2.65. The van der Waals surface area contributed by atoms with Crippen molar-refractivity contribution in [1.82, 2.24) is 10.2 Å². The van der Waals surface area contributed by atoms with Crippen LogP contribution in [0, 0.1) is 5.41 Å². The van der Waals surface area contributed by atoms with Gasteiger partial charge in [-0.1, -0.05) is 48.4 Å². The highest BCUT2D eigenvalue weighted by molar-refractivity contribution is 5.80. The molecule has 0 spiro atoms. The zero-order chi connectivity index (χ0) is 18.2. The summed E-state index contributed by atoms with van der Waals surface area (Å²) in [6.07, 6.45) is 9.70. The number of rotatable bonds is 6. The van der Waals surface area contributed by atoms with Gasteiger partial charge >= 0.3 is 0 Å². The number of hydrogen-bond donors (Lipinski definition) is 1. The first kappa shape index (κ1) is 19.0. The Morgan fingerprint density at radius 1 is 1.23 bits per heavy atom. The second-order valence-corrected chi connectivity index (χ2v) is 7.70. The Hall–Kier alpha value is -1.81. The zero-order valence-electron chi connectivity index (χ0n) is 16.3. The van der Waals surface area contributed by atoms with Gasteiger partial charge < -0.3 is 15.0 Å². The van der Waals surface area contributed by atoms with E-state index in [0.29, 0.717) is 5.41 Å². The Labute approximate surface area is 158 Å². The van der Waals surface area contributed by atoms with Crippen molar-refractivity contribution in [3.8, 4) is 0 Å². The van der Waals surface area contributed by atoms with Crippen LogP contribution >= 0.6 is 0 Å². The molecule has 0 bridgehead atoms. The maximum Gasteiger partial charge on any atom is 0.193 e. The van der Waals surface area contributed by atoms with Crippen molar-refractivity contribution in [2.75, 3.05) is 40.4 Å². The predicted molar refractivity (Wildman–Crippen MR) is 109 cm³/mol. The van der Waals surface area contributed by atoms with E-state index in [0.717, 1.165) is 51.5 Å². The van der Waals surface area contributed by atoms with Crippen molar-refractivity contribution >= 4 is 12.0 Å². The Morgan fingerprint density at radius 3 is 2.54 bits per heavy atom. The standard InChI is InChI=1S/C22H33N3O/c1-23-21(24-18-22(11-6-12-22)13-16-26-2)25-14-9-20(10-15-25)17-19-7-4-3-5-8-19/h3-5,7-8,17H,6,9-16,18H2,1-2H3,(H,23,24). The van der Waals surface area contributed by atoms with Gasteiger partial charge in [-0.3, -0.25) is 4.99 Å². The molecule has 0 aromatic heterocycles. The van der Waals surface area contributed by atoms with Crippen LogP contribution in [0.25, 0.3) is 6.08 Å². The van der Waals surface area contributed by atoms with E-state index in [1.165, 1.54) is 24.8 Å². The molecule has 2 fully saturated rings. The van der Waals surface area contributed by atoms with Gasteiger partial charge in [0.05, 0.1) is 0 Å². The summed E-state index contributed by atoms with van der Waals surface area (Å²) in [6, 6.07) is 10.6. The van der Waals surface area contributed by atoms with E-state index in [1.54, 1.807) is 12.7 Å². The van der Waals surface area contributed by atoms with Gasteiger partial charge in [0.2, 0.25) is 0 Å². The number of ether oxygens (including phenoxy) is 1. The minimum absolute atomic E-state index is 0.417. The molecule has 1 heterocycles. The van der Waals surface area contributed by atoms with Crippen LogP contribution in [-0.2, 0) is 4.74 Å². The van der Waals surface area contributed by atoms with Crippen LogP contribution in [0.2, 0.25) is 0 Å². The number of guanidine groups is 1. The zero-order valence-corrected chi connectivity index (χ0v) is 16.3. The van der Waals surface area contributed by atoms with Crippen molar-refractivity contribution in [3.05, 3.63) is 41.5 Å². The van der Waals surface area contributed by atoms with E-state index >= 15 is 0 Å². The molecule has 1 aliphatic carbocycles. The largest absolute Gasteiger partial charge is 0.385 e. The van der Waals surface area contributed by atoms with Gasteiger partial charge in [-0.15, -0.1) is 0 Å². The summed E-state index contributed by atoms with van der Waals surface area (Å²) < 4.78 is 5.31. The van der Waals surface area contributed by atoms with Crippen LogP contribution in [0.4, 0.5) is 0 Å². The lowest BCUT2D eigenvalue weighted by Crippen LogP contribution is -2.49. The Kier molecular flexibility index (Phi) is 6.73. The molecular formula is C22H33N3O. The summed E-state index contributed by atoms with van der Waals surface area (Å²) in [5.74, 6) is 1.06. The molecule has 1 aromatic carbocycles. The van der Waals surface area contributed by atoms with Gasteiger partial charge in [0.25, 0.3) is 0 Å². The number of aliphatic imine (C=N–C) groups is 1. The smallest absolute Gasteiger partial charge is 0.193 e. The molecule has 2 aliphatic rings. The number of likely N-dealkylation sites (tertiary alicyclic amines) is 1. The molecule has 0 radical (unpaired) electrons. The third-order valence-corrected chi connectivity index (χ3v) is 5.96. The summed E-state index contributed by atoms with van der Waals surface area (Å²) in [6.45, 7) is 3.97. The van der Waals surface area contributed by atoms with Crippen LogP contribution in [0.3, 0.4) is 0 Å². The molecule has 0 atom stereocenters. The van der Waals surface area contributed by atoms with Crippen molar-refractivity contribution in [3.63, 3.8) is 0 Å². The van der Waals surface area contributed by atoms with E-state index < -0.39 is 0 Å². The fourth-order valence-electron chi connectivity index (χ4n) is 4.04. The Morgan fingerprint density at radius 2 is 1.96 bits per heavy atom. The van der Waals surface area contributed by atoms with E-state index in [1.807, 2.05) is 7.05 Å². The topological polar surface area (TPSA) is 36.9 Å². The first-order valence-corrected chi connectivity index (χ1v) is 9.94. The molecule has 1 aromatic rings. The monoisotopic (exact) mass is 355 g/mol. The minimum Gasteiger partial charge on any atom is -0.385 e. The highest BCUT2D eigenvalue weighted by atomic mass is 16.5. The van der Waals surface area contributed by atoms with E-state index in [-0.39, 0.29) is 0 Å². The SMILES string of the molecule is CN=C(NCC1(CCOC)CCC1)N1CCC(=Cc2ccccc2)CC1. The van der Waals surface area contributed by atoms with E-state index in [2.05, 4.69) is 51.6 Å². The third kappa shape index (κ3) is 4.88. The maximum absolute atomic E-state index is 5.31. The molecule has 1 saturated carbocycles. The van der Waals surface area contributed by atoms with Crippen molar-refractivity contribution < 1.29 is 4.74 Å².